The van der Waals surface area contributed by atoms with E-state index < -0.39 is 10.0 Å². The van der Waals surface area contributed by atoms with Gasteiger partial charge in [0.25, 0.3) is 0 Å². The van der Waals surface area contributed by atoms with Crippen LogP contribution in [0.1, 0.15) is 32.0 Å². The Bertz CT molecular complexity index is 832. The summed E-state index contributed by atoms with van der Waals surface area (Å²) in [6.45, 7) is 2.64. The molecule has 0 amide bonds. The van der Waals surface area contributed by atoms with Crippen molar-refractivity contribution in [2.45, 2.75) is 49.8 Å². The molecule has 0 radical (unpaired) electrons. The summed E-state index contributed by atoms with van der Waals surface area (Å²) >= 11 is 0. The van der Waals surface area contributed by atoms with Crippen molar-refractivity contribution in [2.75, 3.05) is 6.54 Å². The maximum Gasteiger partial charge on any atom is 0.243 e. The molecule has 0 unspecified atom stereocenters. The first-order chi connectivity index (χ1) is 12.4. The summed E-state index contributed by atoms with van der Waals surface area (Å²) in [4.78, 5) is 4.35. The highest BCUT2D eigenvalue weighted by molar-refractivity contribution is 7.89. The summed E-state index contributed by atoms with van der Waals surface area (Å²) < 4.78 is 34.9. The molecule has 142 valence electrons. The number of aryl methyl sites for hydroxylation is 1. The topological polar surface area (TPSA) is 103 Å². The summed E-state index contributed by atoms with van der Waals surface area (Å²) in [5.74, 6) is 1.27. The Kier molecular flexibility index (Phi) is 5.59. The van der Waals surface area contributed by atoms with Gasteiger partial charge in [0.15, 0.2) is 5.82 Å². The lowest BCUT2D eigenvalue weighted by atomic mass is 10.00. The highest BCUT2D eigenvalue weighted by Gasteiger charge is 2.35. The molecule has 1 fully saturated rings. The van der Waals surface area contributed by atoms with Crippen LogP contribution in [0.25, 0.3) is 0 Å². The van der Waals surface area contributed by atoms with Crippen molar-refractivity contribution >= 4 is 10.0 Å². The van der Waals surface area contributed by atoms with Crippen LogP contribution >= 0.6 is 0 Å². The fourth-order valence-electron chi connectivity index (χ4n) is 3.20. The molecule has 26 heavy (non-hydrogen) atoms. The molecule has 2 N–H and O–H groups in total. The van der Waals surface area contributed by atoms with Crippen LogP contribution in [0, 0.1) is 0 Å². The number of nitrogens with zero attached hydrogens (tertiary/aromatic N) is 4. The van der Waals surface area contributed by atoms with E-state index in [1.807, 2.05) is 6.92 Å². The molecule has 1 aliphatic rings. The van der Waals surface area contributed by atoms with Gasteiger partial charge < -0.3 is 10.5 Å². The minimum Gasteiger partial charge on any atom is -0.486 e. The minimum absolute atomic E-state index is 0.152. The molecule has 8 nitrogen and oxygen atoms in total. The predicted octanol–water partition coefficient (Wildman–Crippen LogP) is 1.28. The fraction of sp³-hybridized carbons (Fsp3) is 0.529. The molecule has 3 rings (SSSR count). The minimum atomic E-state index is -3.57. The van der Waals surface area contributed by atoms with Crippen LogP contribution in [-0.2, 0) is 23.7 Å². The number of hydrogen-bond acceptors (Lipinski definition) is 6. The van der Waals surface area contributed by atoms with Gasteiger partial charge in [0.1, 0.15) is 18.7 Å². The maximum absolute atomic E-state index is 13.0. The quantitative estimate of drug-likeness (QED) is 0.811. The highest BCUT2D eigenvalue weighted by atomic mass is 32.2. The number of nitrogens with two attached hydrogens (primary N) is 1. The van der Waals surface area contributed by atoms with Crippen LogP contribution in [0.2, 0.25) is 0 Å². The lowest BCUT2D eigenvalue weighted by Crippen LogP contribution is -2.51. The average molecular weight is 379 g/mol. The number of rotatable bonds is 6. The van der Waals surface area contributed by atoms with E-state index in [1.165, 1.54) is 6.33 Å². The molecule has 1 aliphatic heterocycles. The number of aromatic nitrogens is 3. The van der Waals surface area contributed by atoms with Crippen molar-refractivity contribution in [1.82, 2.24) is 19.1 Å². The van der Waals surface area contributed by atoms with Gasteiger partial charge in [-0.15, -0.1) is 0 Å². The van der Waals surface area contributed by atoms with Crippen molar-refractivity contribution < 1.29 is 13.2 Å². The molecular formula is C17H25N5O3S. The zero-order chi connectivity index (χ0) is 18.7. The van der Waals surface area contributed by atoms with Crippen LogP contribution in [-0.4, -0.2) is 46.1 Å². The van der Waals surface area contributed by atoms with Crippen LogP contribution in [0.15, 0.2) is 35.5 Å². The number of hydrogen-bond donors (Lipinski definition) is 1. The third kappa shape index (κ3) is 3.89. The first kappa shape index (κ1) is 18.8. The number of piperidine rings is 1. The molecular weight excluding hydrogens is 354 g/mol. The number of sulfonamides is 1. The van der Waals surface area contributed by atoms with Crippen molar-refractivity contribution in [3.05, 3.63) is 36.4 Å². The van der Waals surface area contributed by atoms with E-state index in [9.17, 15) is 8.42 Å². The Hall–Kier alpha value is -1.97. The first-order valence-corrected chi connectivity index (χ1v) is 10.2. The van der Waals surface area contributed by atoms with E-state index in [0.717, 1.165) is 19.3 Å². The standard InChI is InChI=1S/C17H25N5O3S/c1-13(18)16-5-3-4-10-22(16)26(23,24)15-8-6-14(7-9-15)25-11-17-19-12-20-21(17)2/h6-9,12-13,16H,3-5,10-11,18H2,1-2H3/t13-,16-/m0/s1. The molecule has 2 heterocycles. The van der Waals surface area contributed by atoms with Gasteiger partial charge in [0, 0.05) is 25.7 Å². The van der Waals surface area contributed by atoms with E-state index in [1.54, 1.807) is 40.3 Å². The molecule has 0 bridgehead atoms. The molecule has 0 spiro atoms. The largest absolute Gasteiger partial charge is 0.486 e. The van der Waals surface area contributed by atoms with Gasteiger partial charge in [-0.1, -0.05) is 6.42 Å². The number of ether oxygens (including phenoxy) is 1. The molecule has 1 aromatic heterocycles. The second-order valence-corrected chi connectivity index (χ2v) is 8.49. The van der Waals surface area contributed by atoms with Gasteiger partial charge in [-0.25, -0.2) is 13.4 Å². The predicted molar refractivity (Wildman–Crippen MR) is 97.0 cm³/mol. The molecule has 1 aromatic carbocycles. The molecule has 2 atom stereocenters. The Morgan fingerprint density at radius 3 is 2.65 bits per heavy atom. The zero-order valence-corrected chi connectivity index (χ0v) is 15.9. The summed E-state index contributed by atoms with van der Waals surface area (Å²) in [7, 11) is -1.78. The maximum atomic E-state index is 13.0. The van der Waals surface area contributed by atoms with Crippen LogP contribution in [0.3, 0.4) is 0 Å². The lowest BCUT2D eigenvalue weighted by Gasteiger charge is -2.36. The Morgan fingerprint density at radius 1 is 1.31 bits per heavy atom. The summed E-state index contributed by atoms with van der Waals surface area (Å²) in [5, 5.41) is 3.98. The second-order valence-electron chi connectivity index (χ2n) is 6.60. The monoisotopic (exact) mass is 379 g/mol. The van der Waals surface area contributed by atoms with Gasteiger partial charge in [-0.2, -0.15) is 9.40 Å². The van der Waals surface area contributed by atoms with E-state index in [0.29, 0.717) is 18.1 Å². The molecule has 1 saturated heterocycles. The third-order valence-electron chi connectivity index (χ3n) is 4.71. The number of benzene rings is 1. The SMILES string of the molecule is C[C@H](N)[C@@H]1CCCCN1S(=O)(=O)c1ccc(OCc2ncnn2C)cc1. The fourth-order valence-corrected chi connectivity index (χ4v) is 4.97. The summed E-state index contributed by atoms with van der Waals surface area (Å²) in [5.41, 5.74) is 6.02. The van der Waals surface area contributed by atoms with Crippen molar-refractivity contribution in [3.8, 4) is 5.75 Å². The molecule has 0 aliphatic carbocycles. The van der Waals surface area contributed by atoms with E-state index in [4.69, 9.17) is 10.5 Å². The van der Waals surface area contributed by atoms with Gasteiger partial charge >= 0.3 is 0 Å². The third-order valence-corrected chi connectivity index (χ3v) is 6.65. The smallest absolute Gasteiger partial charge is 0.243 e. The van der Waals surface area contributed by atoms with E-state index in [2.05, 4.69) is 10.1 Å². The Labute approximate surface area is 154 Å². The van der Waals surface area contributed by atoms with Crippen LogP contribution < -0.4 is 10.5 Å². The summed E-state index contributed by atoms with van der Waals surface area (Å²) in [6.07, 6.45) is 4.13. The second kappa shape index (κ2) is 7.73. The van der Waals surface area contributed by atoms with E-state index in [-0.39, 0.29) is 23.6 Å². The van der Waals surface area contributed by atoms with Gasteiger partial charge in [-0.3, -0.25) is 4.68 Å². The van der Waals surface area contributed by atoms with Gasteiger partial charge in [0.2, 0.25) is 10.0 Å². The zero-order valence-electron chi connectivity index (χ0n) is 15.1. The normalized spacial score (nSPS) is 20.0. The molecule has 0 saturated carbocycles. The molecule has 9 heteroatoms. The van der Waals surface area contributed by atoms with Crippen molar-refractivity contribution in [2.24, 2.45) is 12.8 Å². The highest BCUT2D eigenvalue weighted by Crippen LogP contribution is 2.27. The van der Waals surface area contributed by atoms with E-state index >= 15 is 0 Å². The van der Waals surface area contributed by atoms with Gasteiger partial charge in [-0.05, 0) is 44.0 Å². The van der Waals surface area contributed by atoms with Crippen LogP contribution in [0.4, 0.5) is 0 Å². The Balaban J connectivity index is 1.73. The van der Waals surface area contributed by atoms with Gasteiger partial charge in [0.05, 0.1) is 4.90 Å². The Morgan fingerprint density at radius 2 is 2.04 bits per heavy atom. The first-order valence-electron chi connectivity index (χ1n) is 8.73. The van der Waals surface area contributed by atoms with Crippen molar-refractivity contribution in [1.29, 1.82) is 0 Å². The van der Waals surface area contributed by atoms with Crippen LogP contribution in [0.5, 0.6) is 5.75 Å². The summed E-state index contributed by atoms with van der Waals surface area (Å²) in [6, 6.07) is 6.13. The lowest BCUT2D eigenvalue weighted by molar-refractivity contribution is 0.227. The molecule has 2 aromatic rings. The average Bonchev–Trinajstić information content (AvgIpc) is 3.05. The van der Waals surface area contributed by atoms with Crippen molar-refractivity contribution in [3.63, 3.8) is 0 Å².